The molecule has 186 valence electrons. The van der Waals surface area contributed by atoms with Gasteiger partial charge < -0.3 is 10.0 Å². The Kier molecular flexibility index (Phi) is 7.05. The van der Waals surface area contributed by atoms with Crippen molar-refractivity contribution >= 4 is 27.3 Å². The fourth-order valence-corrected chi connectivity index (χ4v) is 7.16. The van der Waals surface area contributed by atoms with Crippen molar-refractivity contribution in [2.75, 3.05) is 22.6 Å². The molecule has 0 aromatic heterocycles. The van der Waals surface area contributed by atoms with Gasteiger partial charge in [-0.25, -0.2) is 0 Å². The Labute approximate surface area is 226 Å². The smallest absolute Gasteiger partial charge is 0.0991 e. The number of nitrogens with one attached hydrogen (secondary N) is 2. The molecule has 0 amide bonds. The number of para-hydroxylation sites is 1. The molecule has 0 radical (unpaired) electrons. The average Bonchev–Trinajstić information content (AvgIpc) is 3.49. The largest absolute Gasteiger partial charge is 0.355 e. The summed E-state index contributed by atoms with van der Waals surface area (Å²) >= 11 is 0. The number of rotatable bonds is 7. The number of hydrogen-bond donors (Lipinski definition) is 2. The summed E-state index contributed by atoms with van der Waals surface area (Å²) in [4.78, 5) is 1.29. The number of nitrogens with zero attached hydrogens (tertiary/aromatic N) is 2. The SMILES string of the molecule is CS(C)(Nc1ccc(C#N)cc1)c1c(-c2ccccc2Nc2ccc(C#N)cc2)cccc1C1C=CC=C1. The van der Waals surface area contributed by atoms with Crippen molar-refractivity contribution in [1.29, 1.82) is 10.5 Å². The lowest BCUT2D eigenvalue weighted by Crippen LogP contribution is -2.13. The predicted octanol–water partition coefficient (Wildman–Crippen LogP) is 8.50. The minimum absolute atomic E-state index is 0.207. The first kappa shape index (κ1) is 25.0. The number of benzene rings is 4. The van der Waals surface area contributed by atoms with Crippen molar-refractivity contribution < 1.29 is 0 Å². The third kappa shape index (κ3) is 5.20. The Morgan fingerprint density at radius 1 is 0.658 bits per heavy atom. The minimum atomic E-state index is -1.54. The lowest BCUT2D eigenvalue weighted by molar-refractivity contribution is 1.05. The Hall–Kier alpha value is -4.71. The molecule has 1 aliphatic carbocycles. The van der Waals surface area contributed by atoms with E-state index < -0.39 is 10.2 Å². The van der Waals surface area contributed by atoms with Gasteiger partial charge in [0.25, 0.3) is 0 Å². The quantitative estimate of drug-likeness (QED) is 0.260. The molecule has 0 bridgehead atoms. The Bertz CT molecular complexity index is 1590. The van der Waals surface area contributed by atoms with E-state index in [1.165, 1.54) is 16.0 Å². The second kappa shape index (κ2) is 10.7. The van der Waals surface area contributed by atoms with Gasteiger partial charge in [0.2, 0.25) is 0 Å². The monoisotopic (exact) mass is 512 g/mol. The summed E-state index contributed by atoms with van der Waals surface area (Å²) in [5, 5.41) is 22.0. The lowest BCUT2D eigenvalue weighted by Gasteiger charge is -2.38. The zero-order valence-electron chi connectivity index (χ0n) is 21.3. The molecule has 4 aromatic rings. The van der Waals surface area contributed by atoms with Gasteiger partial charge in [-0.1, -0.05) is 60.7 Å². The van der Waals surface area contributed by atoms with Gasteiger partial charge in [-0.15, -0.1) is 10.2 Å². The summed E-state index contributed by atoms with van der Waals surface area (Å²) in [6.45, 7) is 0. The van der Waals surface area contributed by atoms with E-state index in [4.69, 9.17) is 5.26 Å². The molecule has 4 aromatic carbocycles. The van der Waals surface area contributed by atoms with Crippen LogP contribution >= 0.6 is 10.2 Å². The minimum Gasteiger partial charge on any atom is -0.355 e. The highest BCUT2D eigenvalue weighted by Crippen LogP contribution is 2.56. The normalized spacial score (nSPS) is 13.1. The lowest BCUT2D eigenvalue weighted by atomic mass is 9.95. The van der Waals surface area contributed by atoms with Crippen LogP contribution in [0.25, 0.3) is 11.1 Å². The van der Waals surface area contributed by atoms with Crippen LogP contribution in [-0.4, -0.2) is 12.5 Å². The molecule has 5 rings (SSSR count). The zero-order chi connectivity index (χ0) is 26.5. The van der Waals surface area contributed by atoms with Crippen LogP contribution < -0.4 is 10.0 Å². The van der Waals surface area contributed by atoms with Gasteiger partial charge in [0, 0.05) is 33.4 Å². The Morgan fingerprint density at radius 2 is 1.24 bits per heavy atom. The summed E-state index contributed by atoms with van der Waals surface area (Å²) < 4.78 is 3.82. The van der Waals surface area contributed by atoms with Crippen molar-refractivity contribution in [2.45, 2.75) is 10.8 Å². The van der Waals surface area contributed by atoms with Gasteiger partial charge in [-0.3, -0.25) is 0 Å². The molecule has 0 atom stereocenters. The zero-order valence-corrected chi connectivity index (χ0v) is 22.2. The van der Waals surface area contributed by atoms with E-state index in [1.807, 2.05) is 54.6 Å². The summed E-state index contributed by atoms with van der Waals surface area (Å²) in [5.41, 5.74) is 7.77. The number of anilines is 3. The van der Waals surface area contributed by atoms with Crippen molar-refractivity contribution in [1.82, 2.24) is 0 Å². The van der Waals surface area contributed by atoms with E-state index in [-0.39, 0.29) is 5.92 Å². The number of nitriles is 2. The second-order valence-electron chi connectivity index (χ2n) is 9.50. The number of hydrogen-bond acceptors (Lipinski definition) is 4. The third-order valence-corrected chi connectivity index (χ3v) is 8.78. The van der Waals surface area contributed by atoms with Crippen LogP contribution in [0.15, 0.2) is 120 Å². The van der Waals surface area contributed by atoms with Crippen LogP contribution in [0, 0.1) is 22.7 Å². The van der Waals surface area contributed by atoms with Gasteiger partial charge >= 0.3 is 0 Å². The van der Waals surface area contributed by atoms with E-state index >= 15 is 0 Å². The van der Waals surface area contributed by atoms with Gasteiger partial charge in [-0.05, 0) is 78.2 Å². The van der Waals surface area contributed by atoms with E-state index in [2.05, 4.69) is 95.4 Å². The van der Waals surface area contributed by atoms with Crippen molar-refractivity contribution in [3.8, 4) is 23.3 Å². The summed E-state index contributed by atoms with van der Waals surface area (Å²) in [6, 6.07) is 34.5. The summed E-state index contributed by atoms with van der Waals surface area (Å²) in [6.07, 6.45) is 13.3. The molecule has 0 aliphatic heterocycles. The molecule has 38 heavy (non-hydrogen) atoms. The fourth-order valence-electron chi connectivity index (χ4n) is 4.81. The predicted molar refractivity (Wildman–Crippen MR) is 160 cm³/mol. The summed E-state index contributed by atoms with van der Waals surface area (Å²) in [5.74, 6) is 0.207. The molecule has 2 N–H and O–H groups in total. The highest BCUT2D eigenvalue weighted by molar-refractivity contribution is 8.33. The molecule has 0 spiro atoms. The van der Waals surface area contributed by atoms with Crippen LogP contribution in [-0.2, 0) is 0 Å². The average molecular weight is 513 g/mol. The maximum absolute atomic E-state index is 9.22. The molecule has 0 saturated heterocycles. The van der Waals surface area contributed by atoms with Gasteiger partial charge in [0.15, 0.2) is 0 Å². The first-order chi connectivity index (χ1) is 18.5. The molecule has 0 unspecified atom stereocenters. The van der Waals surface area contributed by atoms with Crippen molar-refractivity contribution in [3.05, 3.63) is 132 Å². The summed E-state index contributed by atoms with van der Waals surface area (Å²) in [7, 11) is -1.54. The maximum atomic E-state index is 9.22. The van der Waals surface area contributed by atoms with Gasteiger partial charge in [-0.2, -0.15) is 10.5 Å². The van der Waals surface area contributed by atoms with Gasteiger partial charge in [0.05, 0.1) is 23.3 Å². The third-order valence-electron chi connectivity index (χ3n) is 6.56. The molecule has 0 fully saturated rings. The van der Waals surface area contributed by atoms with Crippen LogP contribution in [0.3, 0.4) is 0 Å². The van der Waals surface area contributed by atoms with Gasteiger partial charge in [0.1, 0.15) is 0 Å². The molecule has 0 saturated carbocycles. The van der Waals surface area contributed by atoms with Crippen LogP contribution in [0.1, 0.15) is 22.6 Å². The van der Waals surface area contributed by atoms with Crippen molar-refractivity contribution in [3.63, 3.8) is 0 Å². The Morgan fingerprint density at radius 3 is 1.87 bits per heavy atom. The topological polar surface area (TPSA) is 71.6 Å². The van der Waals surface area contributed by atoms with Crippen LogP contribution in [0.5, 0.6) is 0 Å². The molecule has 4 nitrogen and oxygen atoms in total. The van der Waals surface area contributed by atoms with Crippen LogP contribution in [0.4, 0.5) is 17.1 Å². The standard InChI is InChI=1S/C33H28N4S/c1-38(2,37-28-20-16-25(23-35)17-21-28)33-29(26-8-3-4-9-26)11-7-12-31(33)30-10-5-6-13-32(30)36-27-18-14-24(22-34)15-19-27/h3-21,26,36-37H,1-2H3. The van der Waals surface area contributed by atoms with E-state index in [0.29, 0.717) is 11.1 Å². The molecular formula is C33H28N4S. The number of allylic oxidation sites excluding steroid dienone is 4. The fraction of sp³-hybridized carbons (Fsp3) is 0.0909. The molecule has 0 heterocycles. The van der Waals surface area contributed by atoms with Crippen LogP contribution in [0.2, 0.25) is 0 Å². The first-order valence-corrected chi connectivity index (χ1v) is 14.8. The van der Waals surface area contributed by atoms with E-state index in [0.717, 1.165) is 22.6 Å². The maximum Gasteiger partial charge on any atom is 0.0991 e. The highest BCUT2D eigenvalue weighted by Gasteiger charge is 2.27. The second-order valence-corrected chi connectivity index (χ2v) is 12.8. The highest BCUT2D eigenvalue weighted by atomic mass is 32.3. The first-order valence-electron chi connectivity index (χ1n) is 12.3. The van der Waals surface area contributed by atoms with E-state index in [1.54, 1.807) is 0 Å². The molecule has 5 heteroatoms. The molecule has 1 aliphatic rings. The molecular weight excluding hydrogens is 484 g/mol. The van der Waals surface area contributed by atoms with E-state index in [9.17, 15) is 5.26 Å². The van der Waals surface area contributed by atoms with Crippen molar-refractivity contribution in [2.24, 2.45) is 0 Å². The Balaban J connectivity index is 1.62.